The van der Waals surface area contributed by atoms with Gasteiger partial charge in [-0.05, 0) is 61.2 Å². The monoisotopic (exact) mass is 594 g/mol. The molecule has 2 aromatic heterocycles. The van der Waals surface area contributed by atoms with Crippen LogP contribution in [-0.4, -0.2) is 44.3 Å². The van der Waals surface area contributed by atoms with Gasteiger partial charge in [-0.25, -0.2) is 23.6 Å². The number of benzene rings is 3. The van der Waals surface area contributed by atoms with Crippen LogP contribution in [0.5, 0.6) is 0 Å². The van der Waals surface area contributed by atoms with Gasteiger partial charge in [0.15, 0.2) is 11.9 Å². The maximum atomic E-state index is 14.2. The Balaban J connectivity index is 1.44. The van der Waals surface area contributed by atoms with Crippen LogP contribution in [0.25, 0.3) is 33.5 Å². The summed E-state index contributed by atoms with van der Waals surface area (Å²) in [5.41, 5.74) is 8.41. The first-order valence-electron chi connectivity index (χ1n) is 14.0. The number of hydrogen-bond donors (Lipinski definition) is 2. The smallest absolute Gasteiger partial charge is 0.338 e. The molecule has 1 amide bonds. The summed E-state index contributed by atoms with van der Waals surface area (Å²) in [5, 5.41) is 14.6. The van der Waals surface area contributed by atoms with E-state index in [0.717, 1.165) is 30.5 Å². The lowest BCUT2D eigenvalue weighted by Gasteiger charge is -2.23. The van der Waals surface area contributed by atoms with E-state index in [0.29, 0.717) is 40.9 Å². The highest BCUT2D eigenvalue weighted by Crippen LogP contribution is 2.36. The summed E-state index contributed by atoms with van der Waals surface area (Å²) in [7, 11) is 0. The van der Waals surface area contributed by atoms with E-state index in [1.54, 1.807) is 28.9 Å². The quantitative estimate of drug-likeness (QED) is 0.216. The molecule has 5 aromatic rings. The molecule has 1 aliphatic heterocycles. The third kappa shape index (κ3) is 5.64. The molecular formula is C33H27FN4O6. The zero-order chi connectivity index (χ0) is 30.8. The van der Waals surface area contributed by atoms with Crippen LogP contribution >= 0.6 is 0 Å². The van der Waals surface area contributed by atoms with Crippen LogP contribution < -0.4 is 5.73 Å². The van der Waals surface area contributed by atoms with Crippen molar-refractivity contribution in [3.05, 3.63) is 107 Å². The number of esters is 1. The van der Waals surface area contributed by atoms with E-state index in [1.165, 1.54) is 12.1 Å². The minimum Gasteiger partial charge on any atom is -0.478 e. The van der Waals surface area contributed by atoms with E-state index in [2.05, 4.69) is 0 Å². The topological polar surface area (TPSA) is 147 Å². The molecular weight excluding hydrogens is 567 g/mol. The van der Waals surface area contributed by atoms with E-state index in [4.69, 9.17) is 25.3 Å². The molecule has 1 saturated heterocycles. The number of nitrogens with two attached hydrogens (primary N) is 1. The van der Waals surface area contributed by atoms with Crippen LogP contribution in [0.2, 0.25) is 0 Å². The maximum Gasteiger partial charge on any atom is 0.338 e. The maximum absolute atomic E-state index is 14.2. The summed E-state index contributed by atoms with van der Waals surface area (Å²) in [6, 6.07) is 21.0. The van der Waals surface area contributed by atoms with Gasteiger partial charge in [0, 0.05) is 17.7 Å². The Hall–Kier alpha value is -5.42. The molecule has 1 atom stereocenters. The van der Waals surface area contributed by atoms with Crippen molar-refractivity contribution in [1.29, 1.82) is 0 Å². The first kappa shape index (κ1) is 28.7. The highest BCUT2D eigenvalue weighted by molar-refractivity contribution is 6.10. The molecule has 0 spiro atoms. The fraction of sp³-hybridized carbons (Fsp3) is 0.182. The number of rotatable bonds is 8. The second-order valence-corrected chi connectivity index (χ2v) is 10.4. The predicted molar refractivity (Wildman–Crippen MR) is 158 cm³/mol. The van der Waals surface area contributed by atoms with Crippen molar-refractivity contribution >= 4 is 28.9 Å². The number of amides is 1. The third-order valence-electron chi connectivity index (χ3n) is 7.46. The fourth-order valence-corrected chi connectivity index (χ4v) is 5.22. The molecule has 1 aliphatic rings. The minimum absolute atomic E-state index is 0.0922. The van der Waals surface area contributed by atoms with Crippen LogP contribution in [0, 0.1) is 5.82 Å². The Morgan fingerprint density at radius 2 is 1.73 bits per heavy atom. The molecule has 3 N–H and O–H groups in total. The first-order valence-corrected chi connectivity index (χ1v) is 14.0. The van der Waals surface area contributed by atoms with Crippen molar-refractivity contribution in [3.63, 3.8) is 0 Å². The van der Waals surface area contributed by atoms with E-state index >= 15 is 0 Å². The second-order valence-electron chi connectivity index (χ2n) is 10.4. The number of fused-ring (bicyclic) bond motifs is 1. The number of primary amides is 1. The number of aromatic carboxylic acids is 1. The van der Waals surface area contributed by atoms with E-state index in [1.807, 2.05) is 30.3 Å². The van der Waals surface area contributed by atoms with Gasteiger partial charge in [0.1, 0.15) is 18.1 Å². The van der Waals surface area contributed by atoms with Gasteiger partial charge in [0.2, 0.25) is 5.91 Å². The van der Waals surface area contributed by atoms with Gasteiger partial charge >= 0.3 is 11.9 Å². The lowest BCUT2D eigenvalue weighted by atomic mass is 10.0. The Morgan fingerprint density at radius 3 is 2.41 bits per heavy atom. The SMILES string of the molecule is NC(=O)c1cc(-c2ccc(F)c(C(=O)O)c2)nc2c1c(-c1ccc(C(=O)OCc3ccccc3)cc1)nn2C1CCCCO1. The van der Waals surface area contributed by atoms with Gasteiger partial charge in [-0.2, -0.15) is 5.10 Å². The number of carbonyl (C=O) groups excluding carboxylic acids is 2. The van der Waals surface area contributed by atoms with Gasteiger partial charge in [-0.15, -0.1) is 0 Å². The summed E-state index contributed by atoms with van der Waals surface area (Å²) in [6.45, 7) is 0.652. The Bertz CT molecular complexity index is 1880. The van der Waals surface area contributed by atoms with Crippen LogP contribution in [-0.2, 0) is 16.1 Å². The highest BCUT2D eigenvalue weighted by Gasteiger charge is 2.27. The number of ether oxygens (including phenoxy) is 2. The molecule has 1 unspecified atom stereocenters. The number of hydrogen-bond acceptors (Lipinski definition) is 7. The first-order chi connectivity index (χ1) is 21.3. The molecule has 1 fully saturated rings. The minimum atomic E-state index is -1.43. The van der Waals surface area contributed by atoms with Crippen molar-refractivity contribution < 1.29 is 33.4 Å². The van der Waals surface area contributed by atoms with Crippen LogP contribution in [0.1, 0.15) is 62.1 Å². The summed E-state index contributed by atoms with van der Waals surface area (Å²) in [4.78, 5) is 41.9. The lowest BCUT2D eigenvalue weighted by Crippen LogP contribution is -2.20. The summed E-state index contributed by atoms with van der Waals surface area (Å²) >= 11 is 0. The Labute approximate surface area is 250 Å². The zero-order valence-corrected chi connectivity index (χ0v) is 23.4. The number of halogens is 1. The largest absolute Gasteiger partial charge is 0.478 e. The zero-order valence-electron chi connectivity index (χ0n) is 23.4. The average Bonchev–Trinajstić information content (AvgIpc) is 3.44. The third-order valence-corrected chi connectivity index (χ3v) is 7.46. The molecule has 3 aromatic carbocycles. The van der Waals surface area contributed by atoms with Crippen LogP contribution in [0.3, 0.4) is 0 Å². The van der Waals surface area contributed by atoms with Crippen molar-refractivity contribution in [2.75, 3.05) is 6.61 Å². The number of carboxylic acids is 1. The lowest BCUT2D eigenvalue weighted by molar-refractivity contribution is -0.0368. The summed E-state index contributed by atoms with van der Waals surface area (Å²) in [6.07, 6.45) is 1.96. The highest BCUT2D eigenvalue weighted by atomic mass is 19.1. The van der Waals surface area contributed by atoms with Crippen molar-refractivity contribution in [2.45, 2.75) is 32.1 Å². The molecule has 6 rings (SSSR count). The number of carboxylic acid groups (broad SMARTS) is 1. The molecule has 44 heavy (non-hydrogen) atoms. The fourth-order valence-electron chi connectivity index (χ4n) is 5.22. The normalized spacial score (nSPS) is 14.8. The second kappa shape index (κ2) is 12.1. The van der Waals surface area contributed by atoms with Crippen molar-refractivity contribution in [3.8, 4) is 22.5 Å². The van der Waals surface area contributed by atoms with Crippen LogP contribution in [0.15, 0.2) is 78.9 Å². The number of carbonyl (C=O) groups is 3. The molecule has 3 heterocycles. The van der Waals surface area contributed by atoms with Gasteiger partial charge in [-0.3, -0.25) is 4.79 Å². The molecule has 11 heteroatoms. The van der Waals surface area contributed by atoms with Crippen LogP contribution in [0.4, 0.5) is 4.39 Å². The van der Waals surface area contributed by atoms with Gasteiger partial charge < -0.3 is 20.3 Å². The van der Waals surface area contributed by atoms with Gasteiger partial charge in [-0.1, -0.05) is 42.5 Å². The standard InChI is InChI=1S/C33H27FN4O6/c34-25-14-13-22(16-23(25)32(40)41)26-17-24(30(35)39)28-29(37-38(31(28)36-26)27-8-4-5-15-43-27)20-9-11-21(12-10-20)33(42)44-18-19-6-2-1-3-7-19/h1-3,6-7,9-14,16-17,27H,4-5,8,15,18H2,(H2,35,39)(H,40,41). The summed E-state index contributed by atoms with van der Waals surface area (Å²) < 4.78 is 27.2. The molecule has 0 aliphatic carbocycles. The number of aromatic nitrogens is 3. The van der Waals surface area contributed by atoms with Crippen molar-refractivity contribution in [1.82, 2.24) is 14.8 Å². The molecule has 0 radical (unpaired) electrons. The van der Waals surface area contributed by atoms with E-state index < -0.39 is 35.5 Å². The average molecular weight is 595 g/mol. The van der Waals surface area contributed by atoms with Crippen molar-refractivity contribution in [2.24, 2.45) is 5.73 Å². The Morgan fingerprint density at radius 1 is 0.977 bits per heavy atom. The molecule has 10 nitrogen and oxygen atoms in total. The van der Waals surface area contributed by atoms with E-state index in [9.17, 15) is 23.9 Å². The van der Waals surface area contributed by atoms with E-state index in [-0.39, 0.29) is 23.4 Å². The molecule has 222 valence electrons. The Kier molecular flexibility index (Phi) is 7.86. The predicted octanol–water partition coefficient (Wildman–Crippen LogP) is 5.76. The number of pyridine rings is 1. The number of nitrogens with zero attached hydrogens (tertiary/aromatic N) is 3. The van der Waals surface area contributed by atoms with Gasteiger partial charge in [0.05, 0.1) is 27.8 Å². The molecule has 0 bridgehead atoms. The molecule has 0 saturated carbocycles. The summed E-state index contributed by atoms with van der Waals surface area (Å²) in [5.74, 6) is -3.58. The van der Waals surface area contributed by atoms with Gasteiger partial charge in [0.25, 0.3) is 0 Å².